The van der Waals surface area contributed by atoms with Crippen LogP contribution in [0.4, 0.5) is 25.8 Å². The van der Waals surface area contributed by atoms with E-state index in [0.717, 1.165) is 10.2 Å². The molecule has 0 amide bonds. The highest BCUT2D eigenvalue weighted by Gasteiger charge is 2.33. The number of ether oxygens (including phenoxy) is 2. The first-order valence-corrected chi connectivity index (χ1v) is 7.69. The normalized spacial score (nSPS) is 13.4. The quantitative estimate of drug-likeness (QED) is 0.786. The molecule has 122 valence electrons. The molecule has 0 unspecified atom stereocenters. The number of methoxy groups -OCH3 is 2. The molecule has 0 aromatic heterocycles. The summed E-state index contributed by atoms with van der Waals surface area (Å²) in [6, 6.07) is 8.73. The van der Waals surface area contributed by atoms with Gasteiger partial charge in [-0.1, -0.05) is 15.9 Å². The van der Waals surface area contributed by atoms with Gasteiger partial charge >= 0.3 is 0 Å². The number of nitrogens with zero attached hydrogens (tertiary/aromatic N) is 2. The van der Waals surface area contributed by atoms with Crippen LogP contribution in [0.15, 0.2) is 34.8 Å². The lowest BCUT2D eigenvalue weighted by Crippen LogP contribution is -2.29. The van der Waals surface area contributed by atoms with Crippen LogP contribution in [0.1, 0.15) is 0 Å². The van der Waals surface area contributed by atoms with Crippen molar-refractivity contribution in [3.63, 3.8) is 0 Å². The Balaban J connectivity index is 2.14. The molecule has 2 aromatic rings. The molecular formula is C16H15BrF2N2O2. The van der Waals surface area contributed by atoms with Gasteiger partial charge in [0.2, 0.25) is 0 Å². The van der Waals surface area contributed by atoms with Crippen molar-refractivity contribution in [2.45, 2.75) is 0 Å². The number of rotatable bonds is 4. The Hall–Kier alpha value is -1.86. The van der Waals surface area contributed by atoms with Crippen molar-refractivity contribution in [3.8, 4) is 5.75 Å². The second-order valence-electron chi connectivity index (χ2n) is 5.08. The van der Waals surface area contributed by atoms with Crippen molar-refractivity contribution in [2.75, 3.05) is 37.4 Å². The van der Waals surface area contributed by atoms with Gasteiger partial charge in [0.1, 0.15) is 12.4 Å². The molecule has 0 atom stereocenters. The van der Waals surface area contributed by atoms with Gasteiger partial charge in [0.05, 0.1) is 19.5 Å². The molecule has 7 heteroatoms. The zero-order chi connectivity index (χ0) is 16.6. The summed E-state index contributed by atoms with van der Waals surface area (Å²) in [6.07, 6.45) is 0. The second kappa shape index (κ2) is 6.33. The molecule has 1 heterocycles. The highest BCUT2D eigenvalue weighted by Crippen LogP contribution is 2.46. The first-order valence-electron chi connectivity index (χ1n) is 6.89. The van der Waals surface area contributed by atoms with Crippen molar-refractivity contribution in [3.05, 3.63) is 46.4 Å². The summed E-state index contributed by atoms with van der Waals surface area (Å²) in [4.78, 5) is 3.51. The predicted molar refractivity (Wildman–Crippen MR) is 88.4 cm³/mol. The lowest BCUT2D eigenvalue weighted by molar-refractivity contribution is 0.199. The number of anilines is 3. The molecule has 0 aliphatic carbocycles. The number of halogens is 3. The van der Waals surface area contributed by atoms with Crippen molar-refractivity contribution in [1.82, 2.24) is 0 Å². The van der Waals surface area contributed by atoms with Gasteiger partial charge in [-0.25, -0.2) is 8.78 Å². The van der Waals surface area contributed by atoms with E-state index in [1.165, 1.54) is 20.3 Å². The molecule has 0 saturated heterocycles. The highest BCUT2D eigenvalue weighted by atomic mass is 79.9. The predicted octanol–water partition coefficient (Wildman–Crippen LogP) is 4.26. The van der Waals surface area contributed by atoms with Gasteiger partial charge in [0.25, 0.3) is 0 Å². The van der Waals surface area contributed by atoms with E-state index in [9.17, 15) is 8.78 Å². The number of hydrogen-bond acceptors (Lipinski definition) is 4. The average molecular weight is 385 g/mol. The summed E-state index contributed by atoms with van der Waals surface area (Å²) in [5.41, 5.74) is 1.51. The molecule has 0 fully saturated rings. The fourth-order valence-electron chi connectivity index (χ4n) is 2.68. The third kappa shape index (κ3) is 2.74. The van der Waals surface area contributed by atoms with E-state index in [4.69, 9.17) is 9.47 Å². The van der Waals surface area contributed by atoms with E-state index in [1.54, 1.807) is 9.80 Å². The van der Waals surface area contributed by atoms with Crippen LogP contribution in [-0.4, -0.2) is 27.6 Å². The Morgan fingerprint density at radius 3 is 2.48 bits per heavy atom. The summed E-state index contributed by atoms with van der Waals surface area (Å²) in [6.45, 7) is 0.583. The average Bonchev–Trinajstić information content (AvgIpc) is 2.88. The van der Waals surface area contributed by atoms with Gasteiger partial charge in [0, 0.05) is 23.3 Å². The third-order valence-corrected chi connectivity index (χ3v) is 4.21. The Labute approximate surface area is 141 Å². The molecule has 0 bridgehead atoms. The fraction of sp³-hybridized carbons (Fsp3) is 0.250. The Bertz CT molecular complexity index is 725. The van der Waals surface area contributed by atoms with Crippen LogP contribution >= 0.6 is 15.9 Å². The summed E-state index contributed by atoms with van der Waals surface area (Å²) in [5.74, 6) is -1.84. The van der Waals surface area contributed by atoms with E-state index in [1.807, 2.05) is 24.3 Å². The van der Waals surface area contributed by atoms with Gasteiger partial charge in [-0.2, -0.15) is 0 Å². The van der Waals surface area contributed by atoms with Crippen LogP contribution < -0.4 is 14.5 Å². The van der Waals surface area contributed by atoms with E-state index in [-0.39, 0.29) is 18.2 Å². The SMILES string of the molecule is COCN1CN(c2ccc(Br)cc2)c2c1cc(F)c(OC)c2F. The van der Waals surface area contributed by atoms with Gasteiger partial charge < -0.3 is 19.3 Å². The fourth-order valence-corrected chi connectivity index (χ4v) is 2.94. The number of fused-ring (bicyclic) bond motifs is 1. The molecule has 1 aliphatic rings. The number of benzene rings is 2. The van der Waals surface area contributed by atoms with Crippen LogP contribution in [0.3, 0.4) is 0 Å². The largest absolute Gasteiger partial charge is 0.491 e. The zero-order valence-corrected chi connectivity index (χ0v) is 14.2. The van der Waals surface area contributed by atoms with E-state index in [2.05, 4.69) is 15.9 Å². The van der Waals surface area contributed by atoms with Crippen LogP contribution in [0.25, 0.3) is 0 Å². The maximum absolute atomic E-state index is 14.8. The topological polar surface area (TPSA) is 24.9 Å². The molecule has 0 spiro atoms. The third-order valence-electron chi connectivity index (χ3n) is 3.68. The summed E-state index contributed by atoms with van der Waals surface area (Å²) < 4.78 is 39.8. The molecule has 2 aromatic carbocycles. The molecule has 0 radical (unpaired) electrons. The summed E-state index contributed by atoms with van der Waals surface area (Å²) in [5, 5.41) is 0. The van der Waals surface area contributed by atoms with Crippen LogP contribution in [0.5, 0.6) is 5.75 Å². The summed E-state index contributed by atoms with van der Waals surface area (Å²) >= 11 is 3.38. The van der Waals surface area contributed by atoms with Gasteiger partial charge in [0.15, 0.2) is 17.4 Å². The first kappa shape index (κ1) is 16.0. The lowest BCUT2D eigenvalue weighted by atomic mass is 10.2. The minimum Gasteiger partial charge on any atom is -0.491 e. The van der Waals surface area contributed by atoms with E-state index in [0.29, 0.717) is 12.4 Å². The van der Waals surface area contributed by atoms with Crippen molar-refractivity contribution in [2.24, 2.45) is 0 Å². The molecule has 23 heavy (non-hydrogen) atoms. The standard InChI is InChI=1S/C16H15BrF2N2O2/c1-22-9-20-8-21(11-5-3-10(17)4-6-11)15-13(20)7-12(18)16(23-2)14(15)19/h3-7H,8-9H2,1-2H3. The van der Waals surface area contributed by atoms with Gasteiger partial charge in [-0.3, -0.25) is 0 Å². The molecule has 1 aliphatic heterocycles. The van der Waals surface area contributed by atoms with Gasteiger partial charge in [-0.15, -0.1) is 0 Å². The van der Waals surface area contributed by atoms with Crippen molar-refractivity contribution < 1.29 is 18.3 Å². The first-order chi connectivity index (χ1) is 11.1. The Kier molecular flexibility index (Phi) is 4.41. The zero-order valence-electron chi connectivity index (χ0n) is 12.6. The lowest BCUT2D eigenvalue weighted by Gasteiger charge is -2.21. The Morgan fingerprint density at radius 2 is 1.87 bits per heavy atom. The highest BCUT2D eigenvalue weighted by molar-refractivity contribution is 9.10. The Morgan fingerprint density at radius 1 is 1.17 bits per heavy atom. The second-order valence-corrected chi connectivity index (χ2v) is 5.99. The maximum Gasteiger partial charge on any atom is 0.193 e. The molecule has 0 N–H and O–H groups in total. The van der Waals surface area contributed by atoms with Crippen LogP contribution in [-0.2, 0) is 4.74 Å². The maximum atomic E-state index is 14.8. The molecule has 0 saturated carbocycles. The minimum atomic E-state index is -0.734. The minimum absolute atomic E-state index is 0.227. The van der Waals surface area contributed by atoms with Crippen molar-refractivity contribution in [1.29, 1.82) is 0 Å². The molecular weight excluding hydrogens is 370 g/mol. The monoisotopic (exact) mass is 384 g/mol. The van der Waals surface area contributed by atoms with Crippen LogP contribution in [0.2, 0.25) is 0 Å². The molecule has 4 nitrogen and oxygen atoms in total. The van der Waals surface area contributed by atoms with Crippen molar-refractivity contribution >= 4 is 33.0 Å². The number of hydrogen-bond donors (Lipinski definition) is 0. The molecule has 3 rings (SSSR count). The van der Waals surface area contributed by atoms with E-state index < -0.39 is 11.6 Å². The van der Waals surface area contributed by atoms with Crippen LogP contribution in [0, 0.1) is 11.6 Å². The van der Waals surface area contributed by atoms with Gasteiger partial charge in [-0.05, 0) is 24.3 Å². The van der Waals surface area contributed by atoms with E-state index >= 15 is 0 Å². The summed E-state index contributed by atoms with van der Waals surface area (Å²) in [7, 11) is 2.79. The smallest absolute Gasteiger partial charge is 0.193 e.